The lowest BCUT2D eigenvalue weighted by atomic mass is 10.2. The summed E-state index contributed by atoms with van der Waals surface area (Å²) in [7, 11) is 0. The second kappa shape index (κ2) is 10.3. The first-order chi connectivity index (χ1) is 13.4. The molecular weight excluding hydrogens is 332 g/mol. The number of hydrogen-bond acceptors (Lipinski definition) is 3. The molecule has 0 aliphatic heterocycles. The average Bonchev–Trinajstić information content (AvgIpc) is 2.74. The number of benzene rings is 3. The van der Waals surface area contributed by atoms with Crippen molar-refractivity contribution in [1.82, 2.24) is 0 Å². The number of para-hydroxylation sites is 2. The zero-order valence-electron chi connectivity index (χ0n) is 16.0. The third-order valence-electron chi connectivity index (χ3n) is 4.39. The van der Waals surface area contributed by atoms with Gasteiger partial charge in [-0.25, -0.2) is 0 Å². The number of unbranched alkanes of at least 4 members (excludes halogenated alkanes) is 3. The fourth-order valence-corrected chi connectivity index (χ4v) is 2.91. The molecule has 0 heterocycles. The number of nitrogens with zero attached hydrogens (tertiary/aromatic N) is 1. The second-order valence-electron chi connectivity index (χ2n) is 6.55. The van der Waals surface area contributed by atoms with E-state index in [0.717, 1.165) is 35.8 Å². The van der Waals surface area contributed by atoms with Crippen molar-refractivity contribution in [3.05, 3.63) is 84.9 Å². The van der Waals surface area contributed by atoms with Crippen LogP contribution >= 0.6 is 0 Å². The summed E-state index contributed by atoms with van der Waals surface area (Å²) >= 11 is 0. The Balaban J connectivity index is 1.70. The number of hydrogen-bond donors (Lipinski definition) is 1. The molecule has 0 atom stereocenters. The predicted octanol–water partition coefficient (Wildman–Crippen LogP) is 6.81. The molecule has 0 radical (unpaired) electrons. The predicted molar refractivity (Wildman–Crippen MR) is 115 cm³/mol. The van der Waals surface area contributed by atoms with Gasteiger partial charge in [0.05, 0.1) is 23.7 Å². The van der Waals surface area contributed by atoms with Crippen LogP contribution in [0.25, 0.3) is 0 Å². The largest absolute Gasteiger partial charge is 0.494 e. The molecule has 0 aliphatic carbocycles. The normalized spacial score (nSPS) is 10.4. The van der Waals surface area contributed by atoms with Gasteiger partial charge in [-0.3, -0.25) is 10.4 Å². The summed E-state index contributed by atoms with van der Waals surface area (Å²) < 4.78 is 5.87. The summed E-state index contributed by atoms with van der Waals surface area (Å²) in [6.45, 7) is 3.01. The molecule has 0 aliphatic rings. The smallest absolute Gasteiger partial charge is 0.119 e. The van der Waals surface area contributed by atoms with Crippen LogP contribution in [0.1, 0.15) is 32.6 Å². The van der Waals surface area contributed by atoms with Crippen LogP contribution < -0.4 is 15.2 Å². The van der Waals surface area contributed by atoms with E-state index in [1.807, 2.05) is 48.5 Å². The van der Waals surface area contributed by atoms with Crippen LogP contribution in [0, 0.1) is 0 Å². The van der Waals surface area contributed by atoms with Gasteiger partial charge in [0.25, 0.3) is 0 Å². The highest BCUT2D eigenvalue weighted by Gasteiger charge is 2.09. The maximum absolute atomic E-state index is 5.87. The molecule has 0 aromatic heterocycles. The minimum atomic E-state index is 0.782. The lowest BCUT2D eigenvalue weighted by Crippen LogP contribution is -2.24. The van der Waals surface area contributed by atoms with Crippen molar-refractivity contribution < 1.29 is 4.74 Å². The molecule has 0 unspecified atom stereocenters. The average molecular weight is 361 g/mol. The number of ether oxygens (including phenoxy) is 1. The topological polar surface area (TPSA) is 24.5 Å². The minimum Gasteiger partial charge on any atom is -0.494 e. The van der Waals surface area contributed by atoms with Crippen molar-refractivity contribution >= 4 is 17.1 Å². The van der Waals surface area contributed by atoms with E-state index >= 15 is 0 Å². The van der Waals surface area contributed by atoms with Crippen molar-refractivity contribution in [3.8, 4) is 5.75 Å². The summed E-state index contributed by atoms with van der Waals surface area (Å²) in [4.78, 5) is 0. The second-order valence-corrected chi connectivity index (χ2v) is 6.55. The molecular formula is C24H28N2O. The number of nitrogens with one attached hydrogen (secondary N) is 1. The van der Waals surface area contributed by atoms with Crippen molar-refractivity contribution in [3.63, 3.8) is 0 Å². The molecule has 0 bridgehead atoms. The lowest BCUT2D eigenvalue weighted by Gasteiger charge is -2.26. The molecule has 1 N–H and O–H groups in total. The van der Waals surface area contributed by atoms with Gasteiger partial charge in [0, 0.05) is 0 Å². The first-order valence-corrected chi connectivity index (χ1v) is 9.76. The molecule has 3 rings (SSSR count). The third kappa shape index (κ3) is 5.78. The van der Waals surface area contributed by atoms with Crippen LogP contribution in [0.3, 0.4) is 0 Å². The Kier molecular flexibility index (Phi) is 7.16. The third-order valence-corrected chi connectivity index (χ3v) is 4.39. The Morgan fingerprint density at radius 1 is 0.704 bits per heavy atom. The highest BCUT2D eigenvalue weighted by Crippen LogP contribution is 2.28. The lowest BCUT2D eigenvalue weighted by molar-refractivity contribution is 0.305. The summed E-state index contributed by atoms with van der Waals surface area (Å²) in [5.41, 5.74) is 6.67. The Labute approximate surface area is 162 Å². The molecule has 3 aromatic rings. The Morgan fingerprint density at radius 3 is 2.00 bits per heavy atom. The molecule has 0 fully saturated rings. The Hall–Kier alpha value is -2.94. The van der Waals surface area contributed by atoms with Gasteiger partial charge in [-0.05, 0) is 55.0 Å². The minimum absolute atomic E-state index is 0.782. The molecule has 0 spiro atoms. The molecule has 3 nitrogen and oxygen atoms in total. The zero-order chi connectivity index (χ0) is 18.7. The van der Waals surface area contributed by atoms with E-state index < -0.39 is 0 Å². The maximum Gasteiger partial charge on any atom is 0.119 e. The Bertz CT molecular complexity index is 772. The van der Waals surface area contributed by atoms with Crippen molar-refractivity contribution in [1.29, 1.82) is 0 Å². The Morgan fingerprint density at radius 2 is 1.33 bits per heavy atom. The van der Waals surface area contributed by atoms with Gasteiger partial charge in [-0.15, -0.1) is 0 Å². The van der Waals surface area contributed by atoms with E-state index in [0.29, 0.717) is 0 Å². The van der Waals surface area contributed by atoms with E-state index in [2.05, 4.69) is 53.8 Å². The van der Waals surface area contributed by atoms with Gasteiger partial charge < -0.3 is 4.74 Å². The van der Waals surface area contributed by atoms with Crippen LogP contribution in [-0.4, -0.2) is 6.61 Å². The van der Waals surface area contributed by atoms with Gasteiger partial charge >= 0.3 is 0 Å². The number of anilines is 3. The zero-order valence-corrected chi connectivity index (χ0v) is 16.0. The molecule has 3 aromatic carbocycles. The van der Waals surface area contributed by atoms with Crippen LogP contribution in [-0.2, 0) is 0 Å². The van der Waals surface area contributed by atoms with E-state index in [1.54, 1.807) is 0 Å². The summed E-state index contributed by atoms with van der Waals surface area (Å²) in [5, 5.41) is 2.08. The number of rotatable bonds is 10. The van der Waals surface area contributed by atoms with Crippen LogP contribution in [0.15, 0.2) is 84.9 Å². The van der Waals surface area contributed by atoms with Crippen LogP contribution in [0.4, 0.5) is 17.1 Å². The highest BCUT2D eigenvalue weighted by atomic mass is 16.5. The van der Waals surface area contributed by atoms with E-state index in [-0.39, 0.29) is 0 Å². The van der Waals surface area contributed by atoms with Crippen LogP contribution in [0.2, 0.25) is 0 Å². The summed E-state index contributed by atoms with van der Waals surface area (Å²) in [6, 6.07) is 28.7. The molecule has 27 heavy (non-hydrogen) atoms. The van der Waals surface area contributed by atoms with E-state index in [9.17, 15) is 0 Å². The van der Waals surface area contributed by atoms with Crippen molar-refractivity contribution in [2.24, 2.45) is 0 Å². The molecule has 0 saturated carbocycles. The first-order valence-electron chi connectivity index (χ1n) is 9.76. The van der Waals surface area contributed by atoms with Gasteiger partial charge in [0.2, 0.25) is 0 Å². The SMILES string of the molecule is CCCCCCOc1ccc(N(Nc2ccccc2)c2ccccc2)cc1. The van der Waals surface area contributed by atoms with Crippen molar-refractivity contribution in [2.75, 3.05) is 17.0 Å². The quantitative estimate of drug-likeness (QED) is 0.317. The molecule has 140 valence electrons. The molecule has 3 heteroatoms. The summed E-state index contributed by atoms with van der Waals surface area (Å²) in [6.07, 6.45) is 4.87. The van der Waals surface area contributed by atoms with Gasteiger partial charge in [-0.2, -0.15) is 0 Å². The number of hydrazine groups is 1. The summed E-state index contributed by atoms with van der Waals surface area (Å²) in [5.74, 6) is 0.919. The van der Waals surface area contributed by atoms with E-state index in [4.69, 9.17) is 4.74 Å². The standard InChI is InChI=1S/C24H28N2O/c1-2-3-4-11-20-27-24-18-16-23(17-19-24)26(22-14-9-6-10-15-22)25-21-12-7-5-8-13-21/h5-10,12-19,25H,2-4,11,20H2,1H3. The van der Waals surface area contributed by atoms with Gasteiger partial charge in [0.15, 0.2) is 0 Å². The van der Waals surface area contributed by atoms with Crippen molar-refractivity contribution in [2.45, 2.75) is 32.6 Å². The monoisotopic (exact) mass is 360 g/mol. The van der Waals surface area contributed by atoms with Gasteiger partial charge in [0.1, 0.15) is 5.75 Å². The molecule has 0 saturated heterocycles. The van der Waals surface area contributed by atoms with Crippen LogP contribution in [0.5, 0.6) is 5.75 Å². The first kappa shape index (κ1) is 18.8. The van der Waals surface area contributed by atoms with Gasteiger partial charge in [-0.1, -0.05) is 62.6 Å². The fourth-order valence-electron chi connectivity index (χ4n) is 2.91. The maximum atomic E-state index is 5.87. The van der Waals surface area contributed by atoms with E-state index in [1.165, 1.54) is 19.3 Å². The molecule has 0 amide bonds. The fraction of sp³-hybridized carbons (Fsp3) is 0.250. The highest BCUT2D eigenvalue weighted by molar-refractivity contribution is 5.68.